The van der Waals surface area contributed by atoms with Crippen molar-refractivity contribution in [2.75, 3.05) is 26.6 Å². The molecule has 0 N–H and O–H groups in total. The van der Waals surface area contributed by atoms with Crippen LogP contribution in [0.2, 0.25) is 0 Å². The number of aryl methyl sites for hydroxylation is 1. The first-order valence-electron chi connectivity index (χ1n) is 6.20. The number of hydrogen-bond donors (Lipinski definition) is 0. The van der Waals surface area contributed by atoms with Gasteiger partial charge in [0, 0.05) is 21.1 Å². The molecule has 0 amide bonds. The van der Waals surface area contributed by atoms with Crippen molar-refractivity contribution >= 4 is 6.16 Å². The van der Waals surface area contributed by atoms with Crippen molar-refractivity contribution < 1.29 is 44.8 Å². The Morgan fingerprint density at radius 2 is 2.00 bits per heavy atom. The number of ether oxygens (including phenoxy) is 4. The molecule has 5 nitrogen and oxygen atoms in total. The van der Waals surface area contributed by atoms with Crippen LogP contribution in [0.15, 0.2) is 24.3 Å². The molecule has 0 saturated carbocycles. The third-order valence-corrected chi connectivity index (χ3v) is 2.71. The second kappa shape index (κ2) is 9.11. The van der Waals surface area contributed by atoms with E-state index in [0.29, 0.717) is 25.6 Å². The largest absolute Gasteiger partial charge is 0.515 e. The topological polar surface area (TPSA) is 54.0 Å². The maximum Gasteiger partial charge on any atom is 0.515 e. The van der Waals surface area contributed by atoms with Gasteiger partial charge >= 0.3 is 6.16 Å². The first-order chi connectivity index (χ1) is 9.28. The summed E-state index contributed by atoms with van der Waals surface area (Å²) in [5, 5.41) is 0. The molecule has 0 unspecified atom stereocenters. The smallest absolute Gasteiger partial charge is 0.444 e. The first kappa shape index (κ1) is 17.2. The van der Waals surface area contributed by atoms with Crippen molar-refractivity contribution in [1.29, 1.82) is 0 Å². The van der Waals surface area contributed by atoms with Crippen LogP contribution in [0.4, 0.5) is 4.79 Å². The summed E-state index contributed by atoms with van der Waals surface area (Å²) in [6.07, 6.45) is 0.181. The maximum atomic E-state index is 11.3. The fraction of sp³-hybridized carbons (Fsp3) is 0.429. The van der Waals surface area contributed by atoms with E-state index in [0.717, 1.165) is 12.3 Å². The van der Waals surface area contributed by atoms with Crippen LogP contribution in [-0.2, 0) is 41.7 Å². The van der Waals surface area contributed by atoms with Crippen LogP contribution in [0.3, 0.4) is 0 Å². The van der Waals surface area contributed by atoms with Gasteiger partial charge in [-0.1, -0.05) is 38.9 Å². The summed E-state index contributed by atoms with van der Waals surface area (Å²) in [5.41, 5.74) is 1.18. The van der Waals surface area contributed by atoms with E-state index in [2.05, 4.69) is 6.92 Å². The number of carbonyl (C=O) groups excluding carboxylic acids is 1. The standard InChI is InChI=1S/C14H17O5.W/c1-2-11-3-5-13(6-4-11)19-14(15)18-10-17-9-12-7-16-8-12;/h3-6H,2,7-10H2,1H3;/q-1;. The fourth-order valence-electron chi connectivity index (χ4n) is 1.52. The van der Waals surface area contributed by atoms with Crippen LogP contribution in [-0.4, -0.2) is 32.8 Å². The van der Waals surface area contributed by atoms with Crippen LogP contribution in [0, 0.1) is 5.92 Å². The van der Waals surface area contributed by atoms with E-state index >= 15 is 0 Å². The van der Waals surface area contributed by atoms with Gasteiger partial charge in [0.25, 0.3) is 0 Å². The van der Waals surface area contributed by atoms with Gasteiger partial charge in [-0.2, -0.15) is 0 Å². The minimum absolute atomic E-state index is 0. The third-order valence-electron chi connectivity index (χ3n) is 2.71. The van der Waals surface area contributed by atoms with Crippen LogP contribution >= 0.6 is 0 Å². The molecule has 0 radical (unpaired) electrons. The van der Waals surface area contributed by atoms with E-state index in [9.17, 15) is 4.79 Å². The minimum atomic E-state index is -0.765. The van der Waals surface area contributed by atoms with Gasteiger partial charge in [-0.3, -0.25) is 0 Å². The van der Waals surface area contributed by atoms with Gasteiger partial charge < -0.3 is 18.9 Å². The molecule has 1 aromatic carbocycles. The Bertz CT molecular complexity index is 403. The van der Waals surface area contributed by atoms with Gasteiger partial charge in [-0.25, -0.2) is 10.7 Å². The minimum Gasteiger partial charge on any atom is -0.444 e. The molecule has 0 aliphatic carbocycles. The summed E-state index contributed by atoms with van der Waals surface area (Å²) >= 11 is 0. The molecule has 1 heterocycles. The van der Waals surface area contributed by atoms with Crippen molar-refractivity contribution in [3.8, 4) is 5.75 Å². The van der Waals surface area contributed by atoms with Crippen LogP contribution in [0.25, 0.3) is 0 Å². The molecular weight excluding hydrogens is 432 g/mol. The predicted octanol–water partition coefficient (Wildman–Crippen LogP) is 2.34. The Morgan fingerprint density at radius 1 is 1.30 bits per heavy atom. The number of carbonyl (C=O) groups is 1. The first-order valence-corrected chi connectivity index (χ1v) is 6.20. The summed E-state index contributed by atoms with van der Waals surface area (Å²) in [6.45, 7) is 3.67. The number of hydrogen-bond acceptors (Lipinski definition) is 5. The van der Waals surface area contributed by atoms with Crippen LogP contribution in [0.5, 0.6) is 5.75 Å². The number of benzene rings is 1. The quantitative estimate of drug-likeness (QED) is 0.220. The van der Waals surface area contributed by atoms with E-state index in [1.54, 1.807) is 12.1 Å². The Labute approximate surface area is 132 Å². The van der Waals surface area contributed by atoms with Gasteiger partial charge in [0.15, 0.2) is 6.79 Å². The van der Waals surface area contributed by atoms with Gasteiger partial charge in [-0.05, 0) is 24.1 Å². The maximum absolute atomic E-state index is 11.3. The van der Waals surface area contributed by atoms with Gasteiger partial charge in [-0.15, -0.1) is 0 Å². The van der Waals surface area contributed by atoms with E-state index in [1.807, 2.05) is 12.1 Å². The normalized spacial score (nSPS) is 14.1. The second-order valence-electron chi connectivity index (χ2n) is 4.20. The Balaban J connectivity index is 0.00000200. The predicted molar refractivity (Wildman–Crippen MR) is 67.8 cm³/mol. The van der Waals surface area contributed by atoms with Crippen LogP contribution < -0.4 is 4.74 Å². The zero-order valence-corrected chi connectivity index (χ0v) is 14.2. The molecule has 20 heavy (non-hydrogen) atoms. The van der Waals surface area contributed by atoms with E-state index < -0.39 is 6.16 Å². The van der Waals surface area contributed by atoms with Crippen molar-refractivity contribution in [1.82, 2.24) is 0 Å². The molecule has 0 atom stereocenters. The zero-order valence-electron chi connectivity index (χ0n) is 11.3. The Morgan fingerprint density at radius 3 is 2.55 bits per heavy atom. The van der Waals surface area contributed by atoms with Crippen molar-refractivity contribution in [2.24, 2.45) is 0 Å². The molecule has 1 saturated heterocycles. The molecule has 6 heteroatoms. The average Bonchev–Trinajstić information content (AvgIpc) is 2.37. The summed E-state index contributed by atoms with van der Waals surface area (Å²) in [4.78, 5) is 11.3. The fourth-order valence-corrected chi connectivity index (χ4v) is 1.52. The molecule has 0 aromatic heterocycles. The van der Waals surface area contributed by atoms with E-state index in [-0.39, 0.29) is 27.9 Å². The van der Waals surface area contributed by atoms with Crippen molar-refractivity contribution in [3.05, 3.63) is 35.7 Å². The summed E-state index contributed by atoms with van der Waals surface area (Å²) in [5.74, 6) is 1.62. The summed E-state index contributed by atoms with van der Waals surface area (Å²) < 4.78 is 19.9. The molecule has 1 aliphatic heterocycles. The molecule has 0 spiro atoms. The summed E-state index contributed by atoms with van der Waals surface area (Å²) in [7, 11) is 0. The van der Waals surface area contributed by atoms with Crippen molar-refractivity contribution in [3.63, 3.8) is 0 Å². The average molecular weight is 449 g/mol. The Hall–Kier alpha value is -0.902. The van der Waals surface area contributed by atoms with Gasteiger partial charge in [0.05, 0.1) is 0 Å². The zero-order chi connectivity index (χ0) is 13.5. The second-order valence-corrected chi connectivity index (χ2v) is 4.20. The molecule has 110 valence electrons. The van der Waals surface area contributed by atoms with Gasteiger partial charge in [0.1, 0.15) is 5.75 Å². The van der Waals surface area contributed by atoms with Crippen molar-refractivity contribution in [2.45, 2.75) is 13.3 Å². The SMILES string of the molecule is CCc1ccc(OC(=O)OCOC[C-]2COC2)cc1.[W]. The molecular formula is C14H17O5W-. The molecule has 1 aromatic rings. The van der Waals surface area contributed by atoms with E-state index in [4.69, 9.17) is 18.9 Å². The number of rotatable bonds is 6. The summed E-state index contributed by atoms with van der Waals surface area (Å²) in [6, 6.07) is 7.30. The molecule has 1 fully saturated rings. The Kier molecular flexibility index (Phi) is 7.81. The molecule has 0 bridgehead atoms. The van der Waals surface area contributed by atoms with Crippen LogP contribution in [0.1, 0.15) is 12.5 Å². The molecule has 2 rings (SSSR count). The van der Waals surface area contributed by atoms with Gasteiger partial charge in [0.2, 0.25) is 0 Å². The third kappa shape index (κ3) is 5.61. The van der Waals surface area contributed by atoms with E-state index in [1.165, 1.54) is 5.56 Å². The molecule has 1 aliphatic rings. The monoisotopic (exact) mass is 449 g/mol.